The molecule has 13 rings (SSSR count). The van der Waals surface area contributed by atoms with Crippen LogP contribution in [-0.2, 0) is 99.7 Å². The van der Waals surface area contributed by atoms with Gasteiger partial charge in [-0.25, -0.2) is 4.79 Å². The zero-order chi connectivity index (χ0) is 85.3. The third-order valence-electron chi connectivity index (χ3n) is 28.8. The average molecular weight is 1690 g/mol. The summed E-state index contributed by atoms with van der Waals surface area (Å²) >= 11 is 0. The molecule has 0 radical (unpaired) electrons. The van der Waals surface area contributed by atoms with Crippen LogP contribution in [0.2, 0.25) is 0 Å². The van der Waals surface area contributed by atoms with Crippen molar-refractivity contribution in [1.82, 2.24) is 0 Å². The maximum atomic E-state index is 16.1. The molecule has 0 amide bonds. The molecule has 40 heteroatoms. The Kier molecular flexibility index (Phi) is 27.1. The molecule has 19 N–H and O–H groups in total. The molecule has 0 bridgehead atoms. The van der Waals surface area contributed by atoms with Gasteiger partial charge in [-0.05, 0) is 124 Å². The maximum absolute atomic E-state index is 16.1. The van der Waals surface area contributed by atoms with Crippen molar-refractivity contribution in [2.45, 2.75) is 367 Å². The normalized spacial score (nSPS) is 53.9. The molecule has 40 nitrogen and oxygen atoms in total. The molecular formula is C77H120O40. The van der Waals surface area contributed by atoms with E-state index in [2.05, 4.69) is 40.7 Å². The molecule has 0 aromatic carbocycles. The molecule has 13 aliphatic rings. The lowest BCUT2D eigenvalue weighted by atomic mass is 9.33. The quantitative estimate of drug-likeness (QED) is 0.0234. The highest BCUT2D eigenvalue weighted by Crippen LogP contribution is 2.76. The van der Waals surface area contributed by atoms with Crippen molar-refractivity contribution in [3.63, 3.8) is 0 Å². The standard InChI is InChI=1S/C77H120O40/c1-27-54(107-30(4)80)44(88)49(93)66(104-27)111-56-29(3)106-69(60(51(56)95)115-67-50(94)45(89)55(28(2)105-67)110-65-53(97)57(35(83)25-103-65)112-63-46(90)40(84)33(81)23-101-63)117-71(100)77-19-17-72(5,6)21-32(77)31-11-12-38-73(7)15-14-39(74(8,26-79)37(73)13-16-76(38,10)75(31,9)18-20-77)109-70-61(116-68-48(92)43(87)42(86)36(22-78)108-68)58(52(96)59(114-70)62(98)99)113-64-47(91)41(85)34(82)24-102-64/h11,26-29,32-61,63-70,78,81-97H,12-25H2,1-10H3,(H,98,99). The molecule has 46 atom stereocenters. The number of aliphatic carboxylic acids is 1. The van der Waals surface area contributed by atoms with Gasteiger partial charge in [0.15, 0.2) is 62.3 Å². The second kappa shape index (κ2) is 34.8. The first-order valence-corrected chi connectivity index (χ1v) is 40.6. The van der Waals surface area contributed by atoms with E-state index in [1.54, 1.807) is 6.92 Å². The average Bonchev–Trinajstić information content (AvgIpc) is 0.672. The van der Waals surface area contributed by atoms with Gasteiger partial charge in [0.05, 0.1) is 61.7 Å². The molecule has 0 aromatic heterocycles. The molecule has 117 heavy (non-hydrogen) atoms. The Bertz CT molecular complexity index is 3490. The number of rotatable bonds is 20. The molecule has 4 saturated carbocycles. The van der Waals surface area contributed by atoms with E-state index in [-0.39, 0.29) is 24.2 Å². The van der Waals surface area contributed by atoms with Gasteiger partial charge in [-0.15, -0.1) is 0 Å². The Morgan fingerprint density at radius 2 is 0.949 bits per heavy atom. The van der Waals surface area contributed by atoms with Gasteiger partial charge < -0.3 is 182 Å². The molecule has 8 aliphatic heterocycles. The summed E-state index contributed by atoms with van der Waals surface area (Å²) in [5.41, 5.74) is -3.89. The smallest absolute Gasteiger partial charge is 0.335 e. The molecule has 12 fully saturated rings. The first-order chi connectivity index (χ1) is 54.9. The second-order valence-electron chi connectivity index (χ2n) is 36.4. The number of carboxylic acids is 1. The lowest BCUT2D eigenvalue weighted by Gasteiger charge is -2.71. The number of hydrogen-bond acceptors (Lipinski definition) is 39. The van der Waals surface area contributed by atoms with E-state index in [1.165, 1.54) is 20.8 Å². The predicted octanol–water partition coefficient (Wildman–Crippen LogP) is -5.90. The molecule has 0 spiro atoms. The highest BCUT2D eigenvalue weighted by molar-refractivity contribution is 5.79. The van der Waals surface area contributed by atoms with Crippen LogP contribution in [0.1, 0.15) is 133 Å². The number of ether oxygens (including phenoxy) is 17. The van der Waals surface area contributed by atoms with Crippen LogP contribution in [0.3, 0.4) is 0 Å². The van der Waals surface area contributed by atoms with Crippen molar-refractivity contribution >= 4 is 24.2 Å². The molecule has 46 unspecified atom stereocenters. The fourth-order valence-corrected chi connectivity index (χ4v) is 21.7. The topological polar surface area (TPSA) is 610 Å². The third-order valence-corrected chi connectivity index (χ3v) is 28.8. The van der Waals surface area contributed by atoms with Crippen LogP contribution >= 0.6 is 0 Å². The number of fused-ring (bicyclic) bond motifs is 7. The number of aliphatic hydroxyl groups excluding tert-OH is 18. The minimum atomic E-state index is -2.23. The van der Waals surface area contributed by atoms with Crippen LogP contribution in [-0.4, -0.2) is 381 Å². The highest BCUT2D eigenvalue weighted by Gasteiger charge is 2.72. The Morgan fingerprint density at radius 1 is 0.453 bits per heavy atom. The Balaban J connectivity index is 0.761. The zero-order valence-corrected chi connectivity index (χ0v) is 66.8. The summed E-state index contributed by atoms with van der Waals surface area (Å²) in [7, 11) is 0. The van der Waals surface area contributed by atoms with E-state index >= 15 is 4.79 Å². The molecule has 668 valence electrons. The van der Waals surface area contributed by atoms with Gasteiger partial charge >= 0.3 is 17.9 Å². The first kappa shape index (κ1) is 91.2. The van der Waals surface area contributed by atoms with Crippen molar-refractivity contribution in [2.24, 2.45) is 50.2 Å². The Morgan fingerprint density at radius 3 is 1.54 bits per heavy atom. The minimum absolute atomic E-state index is 0.114. The molecular weight excluding hydrogens is 1560 g/mol. The predicted molar refractivity (Wildman–Crippen MR) is 382 cm³/mol. The summed E-state index contributed by atoms with van der Waals surface area (Å²) in [6, 6.07) is 0. The monoisotopic (exact) mass is 1680 g/mol. The van der Waals surface area contributed by atoms with E-state index in [0.717, 1.165) is 18.8 Å². The van der Waals surface area contributed by atoms with Crippen LogP contribution in [0.4, 0.5) is 0 Å². The maximum Gasteiger partial charge on any atom is 0.335 e. The largest absolute Gasteiger partial charge is 0.479 e. The van der Waals surface area contributed by atoms with Gasteiger partial charge in [0.2, 0.25) is 6.29 Å². The van der Waals surface area contributed by atoms with Gasteiger partial charge in [-0.3, -0.25) is 9.59 Å². The van der Waals surface area contributed by atoms with Crippen LogP contribution in [0.5, 0.6) is 0 Å². The second-order valence-corrected chi connectivity index (χ2v) is 36.4. The summed E-state index contributed by atoms with van der Waals surface area (Å²) in [5.74, 6) is -4.36. The van der Waals surface area contributed by atoms with Gasteiger partial charge in [0.1, 0.15) is 147 Å². The SMILES string of the molecule is CC(=O)OC1C(C)OC(OC2C(C)OC(OC(=O)C34CCC(C)(C)CC3C3=CCC5C6(C)CCC(OC7OC(C(=O)O)C(O)C(OC8OCC(O)C(O)C8O)C7OC7OC(CO)C(O)C(O)C7O)C(C)(C=O)C6CCC5(C)C3(C)CC4)C(OC3OC(C)C(OC4OCC(O)C(OC5OCC(O)C(O)C5O)C4O)C(O)C3O)C2O)C(O)C1O. The van der Waals surface area contributed by atoms with Crippen LogP contribution < -0.4 is 0 Å². The summed E-state index contributed by atoms with van der Waals surface area (Å²) in [6.45, 7) is 15.5. The van der Waals surface area contributed by atoms with E-state index in [0.29, 0.717) is 51.4 Å². The minimum Gasteiger partial charge on any atom is -0.479 e. The fraction of sp³-hybridized carbons (Fsp3) is 0.922. The van der Waals surface area contributed by atoms with Crippen molar-refractivity contribution in [1.29, 1.82) is 0 Å². The summed E-state index contributed by atoms with van der Waals surface area (Å²) in [6.07, 6.45) is -60.1. The van der Waals surface area contributed by atoms with Gasteiger partial charge in [0, 0.05) is 6.92 Å². The highest BCUT2D eigenvalue weighted by atomic mass is 16.8. The van der Waals surface area contributed by atoms with E-state index in [9.17, 15) is 111 Å². The molecule has 8 heterocycles. The number of carboxylic acid groups (broad SMARTS) is 1. The van der Waals surface area contributed by atoms with Gasteiger partial charge in [-0.1, -0.05) is 53.2 Å². The summed E-state index contributed by atoms with van der Waals surface area (Å²) in [4.78, 5) is 55.6. The first-order valence-electron chi connectivity index (χ1n) is 40.6. The summed E-state index contributed by atoms with van der Waals surface area (Å²) in [5, 5.41) is 210. The van der Waals surface area contributed by atoms with E-state index in [1.807, 2.05) is 0 Å². The number of esters is 2. The Labute approximate surface area is 673 Å². The number of aldehydes is 1. The third kappa shape index (κ3) is 16.4. The van der Waals surface area contributed by atoms with Crippen molar-refractivity contribution in [3.8, 4) is 0 Å². The van der Waals surface area contributed by atoms with Crippen LogP contribution in [0.15, 0.2) is 11.6 Å². The fourth-order valence-electron chi connectivity index (χ4n) is 21.7. The van der Waals surface area contributed by atoms with E-state index in [4.69, 9.17) is 80.5 Å². The lowest BCUT2D eigenvalue weighted by Crippen LogP contribution is -2.69. The lowest BCUT2D eigenvalue weighted by molar-refractivity contribution is -0.391. The molecule has 5 aliphatic carbocycles. The van der Waals surface area contributed by atoms with E-state index < -0.39 is 317 Å². The van der Waals surface area contributed by atoms with Crippen molar-refractivity contribution in [2.75, 3.05) is 26.4 Å². The number of carbonyl (C=O) groups excluding carboxylic acids is 3. The van der Waals surface area contributed by atoms with Crippen molar-refractivity contribution < 1.29 is 197 Å². The van der Waals surface area contributed by atoms with Crippen LogP contribution in [0.25, 0.3) is 0 Å². The van der Waals surface area contributed by atoms with Gasteiger partial charge in [-0.2, -0.15) is 0 Å². The summed E-state index contributed by atoms with van der Waals surface area (Å²) < 4.78 is 102. The van der Waals surface area contributed by atoms with Crippen molar-refractivity contribution in [3.05, 3.63) is 11.6 Å². The number of carbonyl (C=O) groups is 4. The van der Waals surface area contributed by atoms with Crippen LogP contribution in [0, 0.1) is 50.2 Å². The Hall–Kier alpha value is -3.50. The molecule has 0 aromatic rings. The molecule has 8 saturated heterocycles. The number of allylic oxidation sites excluding steroid dienone is 2. The number of aliphatic hydroxyl groups is 18. The zero-order valence-electron chi connectivity index (χ0n) is 66.8. The number of hydrogen-bond donors (Lipinski definition) is 19. The van der Waals surface area contributed by atoms with Gasteiger partial charge in [0.25, 0.3) is 0 Å².